The summed E-state index contributed by atoms with van der Waals surface area (Å²) in [7, 11) is 1.69. The molecule has 8 atom stereocenters. The molecular weight excluding hydrogens is 741 g/mol. The van der Waals surface area contributed by atoms with Gasteiger partial charge in [-0.05, 0) is 105 Å². The predicted molar refractivity (Wildman–Crippen MR) is 209 cm³/mol. The molecule has 6 aliphatic carbocycles. The van der Waals surface area contributed by atoms with Crippen molar-refractivity contribution >= 4 is 23.1 Å². The minimum atomic E-state index is -4.57. The molecule has 10 rings (SSSR count). The van der Waals surface area contributed by atoms with E-state index in [0.717, 1.165) is 75.4 Å². The number of methoxy groups -OCH3 is 1. The fraction of sp³-hybridized carbons (Fsp3) is 0.533. The van der Waals surface area contributed by atoms with Gasteiger partial charge in [-0.25, -0.2) is 0 Å². The number of rotatable bonds is 7. The van der Waals surface area contributed by atoms with Gasteiger partial charge < -0.3 is 24.3 Å². The first-order valence-corrected chi connectivity index (χ1v) is 20.4. The number of β-amino-alcohol motifs (C(OH)–C–C–N with tert-alkyl or cyclic N) is 1. The highest BCUT2D eigenvalue weighted by molar-refractivity contribution is 6.33. The Bertz CT molecular complexity index is 2130. The largest absolute Gasteiger partial charge is 0.495 e. The molecule has 1 unspecified atom stereocenters. The average Bonchev–Trinajstić information content (AvgIpc) is 3.77. The second-order valence-corrected chi connectivity index (χ2v) is 18.3. The number of carbonyl (C=O) groups is 1. The monoisotopic (exact) mass is 790 g/mol. The number of ether oxygens (including phenoxy) is 1. The number of furan rings is 1. The van der Waals surface area contributed by atoms with Crippen LogP contribution in [-0.2, 0) is 6.18 Å². The minimum absolute atomic E-state index is 0.0386. The van der Waals surface area contributed by atoms with Crippen molar-refractivity contribution in [2.75, 3.05) is 44.7 Å². The van der Waals surface area contributed by atoms with Crippen molar-refractivity contribution in [2.24, 2.45) is 33.5 Å². The molecule has 7 aliphatic rings. The molecule has 0 amide bonds. The number of carbonyl (C=O) groups excluding carboxylic acids is 1. The van der Waals surface area contributed by atoms with Crippen molar-refractivity contribution in [1.82, 2.24) is 4.90 Å². The normalized spacial score (nSPS) is 36.5. The molecule has 4 fully saturated rings. The van der Waals surface area contributed by atoms with Gasteiger partial charge in [-0.15, -0.1) is 0 Å². The molecule has 0 radical (unpaired) electrons. The van der Waals surface area contributed by atoms with Gasteiger partial charge in [-0.1, -0.05) is 55.8 Å². The Morgan fingerprint density at radius 3 is 2.41 bits per heavy atom. The van der Waals surface area contributed by atoms with E-state index < -0.39 is 39.7 Å². The van der Waals surface area contributed by atoms with Crippen LogP contribution in [-0.4, -0.2) is 72.4 Å². The molecule has 56 heavy (non-hydrogen) atoms. The lowest BCUT2D eigenvalue weighted by molar-refractivity contribution is -0.176. The molecule has 3 aromatic rings. The molecule has 2 heterocycles. The van der Waals surface area contributed by atoms with E-state index in [4.69, 9.17) is 20.8 Å². The highest BCUT2D eigenvalue weighted by Gasteiger charge is 2.74. The Labute approximate surface area is 331 Å². The quantitative estimate of drug-likeness (QED) is 0.182. The van der Waals surface area contributed by atoms with E-state index in [1.165, 1.54) is 18.2 Å². The van der Waals surface area contributed by atoms with Crippen molar-refractivity contribution in [1.29, 1.82) is 0 Å². The van der Waals surface area contributed by atoms with E-state index in [0.29, 0.717) is 31.4 Å². The third-order valence-corrected chi connectivity index (χ3v) is 16.0. The van der Waals surface area contributed by atoms with E-state index in [1.807, 2.05) is 18.2 Å². The number of piperazine rings is 1. The summed E-state index contributed by atoms with van der Waals surface area (Å²) in [4.78, 5) is 19.8. The van der Waals surface area contributed by atoms with Gasteiger partial charge in [0.25, 0.3) is 0 Å². The maximum absolute atomic E-state index is 15.1. The third kappa shape index (κ3) is 5.37. The Kier molecular flexibility index (Phi) is 8.79. The zero-order valence-corrected chi connectivity index (χ0v) is 32.9. The highest BCUT2D eigenvalue weighted by Crippen LogP contribution is 2.78. The fourth-order valence-corrected chi connectivity index (χ4v) is 12.8. The molecule has 298 valence electrons. The number of allylic oxidation sites excluding steroid dienone is 4. The minimum Gasteiger partial charge on any atom is -0.495 e. The Balaban J connectivity index is 1.05. The van der Waals surface area contributed by atoms with Crippen molar-refractivity contribution in [2.45, 2.75) is 76.7 Å². The number of fused-ring (bicyclic) bond motifs is 1. The van der Waals surface area contributed by atoms with Crippen LogP contribution in [0.2, 0.25) is 5.02 Å². The summed E-state index contributed by atoms with van der Waals surface area (Å²) < 4.78 is 52.8. The number of nitrogens with zero attached hydrogens (tertiary/aromatic N) is 2. The number of hydrogen-bond acceptors (Lipinski definition) is 7. The van der Waals surface area contributed by atoms with Gasteiger partial charge in [0.15, 0.2) is 5.76 Å². The molecule has 2 N–H and O–H groups in total. The maximum Gasteiger partial charge on any atom is 0.416 e. The van der Waals surface area contributed by atoms with Crippen LogP contribution in [0.15, 0.2) is 82.8 Å². The maximum atomic E-state index is 15.1. The lowest BCUT2D eigenvalue weighted by atomic mass is 9.32. The van der Waals surface area contributed by atoms with E-state index in [2.05, 4.69) is 47.9 Å². The number of para-hydroxylation sites is 2. The molecule has 3 saturated carbocycles. The summed E-state index contributed by atoms with van der Waals surface area (Å²) in [5, 5.41) is 24.1. The number of anilines is 1. The number of hydrogen-bond donors (Lipinski definition) is 2. The van der Waals surface area contributed by atoms with Crippen molar-refractivity contribution < 1.29 is 37.3 Å². The second-order valence-electron chi connectivity index (χ2n) is 17.9. The summed E-state index contributed by atoms with van der Waals surface area (Å²) in [5.74, 6) is 0.715. The van der Waals surface area contributed by atoms with Gasteiger partial charge in [0.2, 0.25) is 5.78 Å². The first kappa shape index (κ1) is 38.0. The summed E-state index contributed by atoms with van der Waals surface area (Å²) in [5.41, 5.74) is -2.03. The molecule has 1 aromatic heterocycles. The average molecular weight is 791 g/mol. The predicted octanol–water partition coefficient (Wildman–Crippen LogP) is 9.22. The smallest absolute Gasteiger partial charge is 0.416 e. The highest BCUT2D eigenvalue weighted by atomic mass is 35.5. The second kappa shape index (κ2) is 13.0. The van der Waals surface area contributed by atoms with Crippen LogP contribution in [0.5, 0.6) is 5.75 Å². The van der Waals surface area contributed by atoms with E-state index in [1.54, 1.807) is 7.11 Å². The van der Waals surface area contributed by atoms with Gasteiger partial charge in [0.05, 0.1) is 35.1 Å². The van der Waals surface area contributed by atoms with Gasteiger partial charge in [-0.3, -0.25) is 9.69 Å². The molecule has 2 spiro atoms. The van der Waals surface area contributed by atoms with E-state index in [9.17, 15) is 23.4 Å². The van der Waals surface area contributed by atoms with E-state index >= 15 is 4.79 Å². The molecule has 1 aliphatic heterocycles. The number of Topliss-reactive ketones (excluding diaryl/α,β-unsaturated/α-hetero) is 1. The first-order valence-electron chi connectivity index (χ1n) is 20.0. The molecule has 2 aromatic carbocycles. The lowest BCUT2D eigenvalue weighted by Gasteiger charge is -2.71. The van der Waals surface area contributed by atoms with E-state index in [-0.39, 0.29) is 45.1 Å². The molecular formula is C45H50ClF3N2O5. The van der Waals surface area contributed by atoms with Gasteiger partial charge >= 0.3 is 6.18 Å². The van der Waals surface area contributed by atoms with Crippen molar-refractivity contribution in [3.05, 3.63) is 94.7 Å². The summed E-state index contributed by atoms with van der Waals surface area (Å²) in [6, 6.07) is 14.2. The molecule has 7 nitrogen and oxygen atoms in total. The lowest BCUT2D eigenvalue weighted by Crippen LogP contribution is -2.67. The van der Waals surface area contributed by atoms with Gasteiger partial charge in [0, 0.05) is 60.1 Å². The van der Waals surface area contributed by atoms with Crippen LogP contribution in [0.4, 0.5) is 18.9 Å². The zero-order chi connectivity index (χ0) is 39.5. The van der Waals surface area contributed by atoms with Crippen LogP contribution >= 0.6 is 11.6 Å². The Morgan fingerprint density at radius 2 is 1.66 bits per heavy atom. The summed E-state index contributed by atoms with van der Waals surface area (Å²) in [6.45, 7) is 8.36. The van der Waals surface area contributed by atoms with Crippen molar-refractivity contribution in [3.8, 4) is 17.1 Å². The zero-order valence-electron chi connectivity index (χ0n) is 32.2. The van der Waals surface area contributed by atoms with Gasteiger partial charge in [-0.2, -0.15) is 13.2 Å². The standard InChI is InChI=1S/C45H50ClF3N2O5/c1-40-15-12-29(52)25-42(40)18-19-44(31(26-42)39(53)36-11-10-34(56-36)30-24-28(45(47,48)49)8-9-32(30)46)37(40)13-16-41(2)38(44)14-17-43(41,54)27-50-20-22-51(23-21-50)33-6-4-5-7-35(33)55-3/h4-11,18-19,24,26,29,37-38,52,54H,12-17,20-23,25,27H2,1-3H3/t29?,37-,38-,40-,41+,42+,43-,44-/m1/s1. The number of aliphatic hydroxyl groups excluding tert-OH is 1. The molecule has 11 heteroatoms. The van der Waals surface area contributed by atoms with Crippen molar-refractivity contribution in [3.63, 3.8) is 0 Å². The number of aliphatic hydroxyl groups is 2. The first-order chi connectivity index (χ1) is 26.6. The van der Waals surface area contributed by atoms with Crippen LogP contribution in [0.25, 0.3) is 11.3 Å². The summed E-state index contributed by atoms with van der Waals surface area (Å²) in [6.07, 6.45) is 6.61. The summed E-state index contributed by atoms with van der Waals surface area (Å²) >= 11 is 6.39. The van der Waals surface area contributed by atoms with Crippen LogP contribution in [0, 0.1) is 33.5 Å². The van der Waals surface area contributed by atoms with Crippen LogP contribution in [0.3, 0.4) is 0 Å². The van der Waals surface area contributed by atoms with Crippen LogP contribution < -0.4 is 9.64 Å². The number of benzene rings is 2. The fourth-order valence-electron chi connectivity index (χ4n) is 12.6. The number of halogens is 4. The Hall–Kier alpha value is -3.57. The third-order valence-electron chi connectivity index (χ3n) is 15.6. The Morgan fingerprint density at radius 1 is 0.946 bits per heavy atom. The number of alkyl halides is 3. The number of ketones is 1. The molecule has 2 bridgehead atoms. The van der Waals surface area contributed by atoms with Gasteiger partial charge in [0.1, 0.15) is 11.5 Å². The van der Waals surface area contributed by atoms with Crippen LogP contribution in [0.1, 0.15) is 74.9 Å². The molecule has 1 saturated heterocycles. The SMILES string of the molecule is COc1ccccc1N1CCN(C[C@]2(O)CC[C@H]3[C@]45C=C[C@@]6(C=C4C(=O)c4ccc(-c7cc(C(F)(F)F)ccc7Cl)o4)CC(O)CC[C@]6(C)[C@H]5CC[C@@]32C)CC1. The topological polar surface area (TPSA) is 86.4 Å².